The standard InChI is InChI=1S/C13H14BrClN2O/c1-8-3-4-10(7-12(8)15)17-13(14)11(5-6-18)9(2)16-17/h3-4,7,18H,5-6H2,1-2H3. The van der Waals surface area contributed by atoms with Crippen LogP contribution in [0.3, 0.4) is 0 Å². The lowest BCUT2D eigenvalue weighted by Gasteiger charge is -2.06. The molecule has 0 bridgehead atoms. The van der Waals surface area contributed by atoms with Crippen molar-refractivity contribution in [3.8, 4) is 5.69 Å². The van der Waals surface area contributed by atoms with Gasteiger partial charge in [0, 0.05) is 23.6 Å². The molecular formula is C13H14BrClN2O. The molecule has 1 aromatic carbocycles. The van der Waals surface area contributed by atoms with Crippen molar-refractivity contribution in [2.45, 2.75) is 20.3 Å². The molecule has 2 rings (SSSR count). The van der Waals surface area contributed by atoms with Gasteiger partial charge in [-0.05, 0) is 47.5 Å². The minimum absolute atomic E-state index is 0.111. The Bertz CT molecular complexity index is 581. The predicted octanol–water partition coefficient (Wildman–Crippen LogP) is 3.44. The second-order valence-corrected chi connectivity index (χ2v) is 5.33. The quantitative estimate of drug-likeness (QED) is 0.936. The summed E-state index contributed by atoms with van der Waals surface area (Å²) in [5, 5.41) is 14.2. The van der Waals surface area contributed by atoms with E-state index in [1.807, 2.05) is 32.0 Å². The normalized spacial score (nSPS) is 10.9. The number of benzene rings is 1. The molecule has 0 saturated heterocycles. The Morgan fingerprint density at radius 1 is 1.39 bits per heavy atom. The zero-order chi connectivity index (χ0) is 13.3. The van der Waals surface area contributed by atoms with Gasteiger partial charge in [0.15, 0.2) is 0 Å². The van der Waals surface area contributed by atoms with Crippen molar-refractivity contribution in [2.75, 3.05) is 6.61 Å². The Balaban J connectivity index is 2.50. The second kappa shape index (κ2) is 5.43. The summed E-state index contributed by atoms with van der Waals surface area (Å²) in [5.41, 5.74) is 3.88. The van der Waals surface area contributed by atoms with Crippen LogP contribution in [0, 0.1) is 13.8 Å². The van der Waals surface area contributed by atoms with E-state index in [0.29, 0.717) is 6.42 Å². The molecule has 3 nitrogen and oxygen atoms in total. The van der Waals surface area contributed by atoms with Crippen LogP contribution >= 0.6 is 27.5 Å². The number of aryl methyl sites for hydroxylation is 2. The molecule has 5 heteroatoms. The van der Waals surface area contributed by atoms with Crippen LogP contribution < -0.4 is 0 Å². The first-order valence-corrected chi connectivity index (χ1v) is 6.83. The Morgan fingerprint density at radius 3 is 2.72 bits per heavy atom. The van der Waals surface area contributed by atoms with Crippen LogP contribution in [-0.4, -0.2) is 21.5 Å². The van der Waals surface area contributed by atoms with E-state index in [1.165, 1.54) is 0 Å². The fourth-order valence-electron chi connectivity index (χ4n) is 1.81. The molecule has 0 radical (unpaired) electrons. The third kappa shape index (κ3) is 2.46. The van der Waals surface area contributed by atoms with Crippen molar-refractivity contribution in [1.82, 2.24) is 9.78 Å². The van der Waals surface area contributed by atoms with Crippen LogP contribution in [0.1, 0.15) is 16.8 Å². The first-order chi connectivity index (χ1) is 8.54. The fourth-order valence-corrected chi connectivity index (χ4v) is 2.76. The molecule has 18 heavy (non-hydrogen) atoms. The number of aromatic nitrogens is 2. The maximum absolute atomic E-state index is 9.05. The summed E-state index contributed by atoms with van der Waals surface area (Å²) < 4.78 is 2.67. The van der Waals surface area contributed by atoms with Gasteiger partial charge >= 0.3 is 0 Å². The summed E-state index contributed by atoms with van der Waals surface area (Å²) in [4.78, 5) is 0. The van der Waals surface area contributed by atoms with E-state index in [0.717, 1.165) is 32.1 Å². The fraction of sp³-hybridized carbons (Fsp3) is 0.308. The lowest BCUT2D eigenvalue weighted by Crippen LogP contribution is -1.98. The average molecular weight is 330 g/mol. The summed E-state index contributed by atoms with van der Waals surface area (Å²) in [6.07, 6.45) is 0.589. The first-order valence-electron chi connectivity index (χ1n) is 5.66. The zero-order valence-electron chi connectivity index (χ0n) is 10.2. The van der Waals surface area contributed by atoms with Crippen LogP contribution in [0.25, 0.3) is 5.69 Å². The van der Waals surface area contributed by atoms with E-state index in [2.05, 4.69) is 21.0 Å². The average Bonchev–Trinajstić information content (AvgIpc) is 2.61. The molecule has 0 unspecified atom stereocenters. The molecule has 0 aliphatic heterocycles. The lowest BCUT2D eigenvalue weighted by atomic mass is 10.2. The topological polar surface area (TPSA) is 38.0 Å². The third-order valence-electron chi connectivity index (χ3n) is 2.88. The van der Waals surface area contributed by atoms with Gasteiger partial charge in [0.1, 0.15) is 4.60 Å². The molecule has 1 aromatic heterocycles. The summed E-state index contributed by atoms with van der Waals surface area (Å²) in [5.74, 6) is 0. The largest absolute Gasteiger partial charge is 0.396 e. The molecule has 0 aliphatic carbocycles. The van der Waals surface area contributed by atoms with E-state index >= 15 is 0 Å². The van der Waals surface area contributed by atoms with Crippen LogP contribution in [0.5, 0.6) is 0 Å². The molecule has 2 aromatic rings. The summed E-state index contributed by atoms with van der Waals surface area (Å²) in [7, 11) is 0. The number of hydrogen-bond acceptors (Lipinski definition) is 2. The minimum Gasteiger partial charge on any atom is -0.396 e. The summed E-state index contributed by atoms with van der Waals surface area (Å²) in [6, 6.07) is 5.82. The lowest BCUT2D eigenvalue weighted by molar-refractivity contribution is 0.299. The number of rotatable bonds is 3. The molecule has 0 amide bonds. The summed E-state index contributed by atoms with van der Waals surface area (Å²) >= 11 is 9.66. The number of nitrogens with zero attached hydrogens (tertiary/aromatic N) is 2. The minimum atomic E-state index is 0.111. The smallest absolute Gasteiger partial charge is 0.113 e. The highest BCUT2D eigenvalue weighted by atomic mass is 79.9. The molecule has 0 spiro atoms. The van der Waals surface area contributed by atoms with Crippen LogP contribution in [0.4, 0.5) is 0 Å². The number of halogens is 2. The van der Waals surface area contributed by atoms with Gasteiger partial charge in [0.2, 0.25) is 0 Å². The highest BCUT2D eigenvalue weighted by Gasteiger charge is 2.14. The van der Waals surface area contributed by atoms with E-state index in [4.69, 9.17) is 16.7 Å². The molecule has 1 heterocycles. The molecule has 0 atom stereocenters. The maximum atomic E-state index is 9.05. The highest BCUT2D eigenvalue weighted by Crippen LogP contribution is 2.26. The van der Waals surface area contributed by atoms with Crippen molar-refractivity contribution in [1.29, 1.82) is 0 Å². The number of aliphatic hydroxyl groups excluding tert-OH is 1. The maximum Gasteiger partial charge on any atom is 0.113 e. The predicted molar refractivity (Wildman–Crippen MR) is 76.5 cm³/mol. The van der Waals surface area contributed by atoms with E-state index < -0.39 is 0 Å². The Hall–Kier alpha value is -0.840. The Kier molecular flexibility index (Phi) is 4.10. The first kappa shape index (κ1) is 13.6. The van der Waals surface area contributed by atoms with Crippen LogP contribution in [-0.2, 0) is 6.42 Å². The molecule has 0 fully saturated rings. The van der Waals surface area contributed by atoms with Crippen molar-refractivity contribution in [2.24, 2.45) is 0 Å². The van der Waals surface area contributed by atoms with Crippen molar-refractivity contribution >= 4 is 27.5 Å². The van der Waals surface area contributed by atoms with Crippen molar-refractivity contribution in [3.05, 3.63) is 44.6 Å². The molecule has 1 N–H and O–H groups in total. The van der Waals surface area contributed by atoms with E-state index in [9.17, 15) is 0 Å². The van der Waals surface area contributed by atoms with E-state index in [1.54, 1.807) is 4.68 Å². The van der Waals surface area contributed by atoms with Gasteiger partial charge in [-0.3, -0.25) is 0 Å². The van der Waals surface area contributed by atoms with Gasteiger partial charge in [-0.2, -0.15) is 5.10 Å². The van der Waals surface area contributed by atoms with Gasteiger partial charge < -0.3 is 5.11 Å². The Labute approximate surface area is 120 Å². The third-order valence-corrected chi connectivity index (χ3v) is 4.11. The van der Waals surface area contributed by atoms with Gasteiger partial charge in [-0.15, -0.1) is 0 Å². The SMILES string of the molecule is Cc1ccc(-n2nc(C)c(CCO)c2Br)cc1Cl. The zero-order valence-corrected chi connectivity index (χ0v) is 12.6. The van der Waals surface area contributed by atoms with Gasteiger partial charge in [-0.25, -0.2) is 4.68 Å². The van der Waals surface area contributed by atoms with Crippen molar-refractivity contribution < 1.29 is 5.11 Å². The van der Waals surface area contributed by atoms with Gasteiger partial charge in [0.05, 0.1) is 11.4 Å². The molecular weight excluding hydrogens is 316 g/mol. The molecule has 96 valence electrons. The van der Waals surface area contributed by atoms with E-state index in [-0.39, 0.29) is 6.61 Å². The van der Waals surface area contributed by atoms with Gasteiger partial charge in [-0.1, -0.05) is 17.7 Å². The molecule has 0 aliphatic rings. The molecule has 0 saturated carbocycles. The van der Waals surface area contributed by atoms with Crippen LogP contribution in [0.2, 0.25) is 5.02 Å². The van der Waals surface area contributed by atoms with Crippen LogP contribution in [0.15, 0.2) is 22.8 Å². The number of aliphatic hydroxyl groups is 1. The highest BCUT2D eigenvalue weighted by molar-refractivity contribution is 9.10. The summed E-state index contributed by atoms with van der Waals surface area (Å²) in [6.45, 7) is 4.01. The monoisotopic (exact) mass is 328 g/mol. The number of hydrogen-bond donors (Lipinski definition) is 1. The van der Waals surface area contributed by atoms with Gasteiger partial charge in [0.25, 0.3) is 0 Å². The second-order valence-electron chi connectivity index (χ2n) is 4.17. The Morgan fingerprint density at radius 2 is 2.11 bits per heavy atom. The van der Waals surface area contributed by atoms with Crippen molar-refractivity contribution in [3.63, 3.8) is 0 Å².